The predicted molar refractivity (Wildman–Crippen MR) is 63.3 cm³/mol. The van der Waals surface area contributed by atoms with Crippen molar-refractivity contribution in [3.8, 4) is 0 Å². The van der Waals surface area contributed by atoms with Gasteiger partial charge in [0.05, 0.1) is 5.69 Å². The highest BCUT2D eigenvalue weighted by Crippen LogP contribution is 2.22. The van der Waals surface area contributed by atoms with E-state index in [1.54, 1.807) is 48.7 Å². The lowest BCUT2D eigenvalue weighted by Crippen LogP contribution is -2.16. The summed E-state index contributed by atoms with van der Waals surface area (Å²) >= 11 is 0. The number of nitrogens with zero attached hydrogens (tertiary/aromatic N) is 1. The van der Waals surface area contributed by atoms with Crippen molar-refractivity contribution in [2.75, 3.05) is 0 Å². The summed E-state index contributed by atoms with van der Waals surface area (Å²) in [6.07, 6.45) is 0.644. The first-order valence-corrected chi connectivity index (χ1v) is 5.18. The number of aliphatic hydroxyl groups excluding tert-OH is 1. The zero-order valence-corrected chi connectivity index (χ0v) is 9.08. The molecule has 0 aliphatic rings. The third-order valence-electron chi connectivity index (χ3n) is 2.49. The van der Waals surface area contributed by atoms with Crippen molar-refractivity contribution in [1.29, 1.82) is 0 Å². The molecule has 0 radical (unpaired) electrons. The second-order valence-corrected chi connectivity index (χ2v) is 3.61. The van der Waals surface area contributed by atoms with Gasteiger partial charge >= 0.3 is 0 Å². The molecule has 0 saturated carbocycles. The molecule has 0 saturated heterocycles. The van der Waals surface area contributed by atoms with Gasteiger partial charge in [0, 0.05) is 11.8 Å². The van der Waals surface area contributed by atoms with E-state index in [4.69, 9.17) is 5.73 Å². The molecule has 0 aliphatic carbocycles. The first-order valence-electron chi connectivity index (χ1n) is 5.18. The normalized spacial score (nSPS) is 12.1. The molecule has 86 valence electrons. The maximum Gasteiger partial charge on any atom is 0.249 e. The molecular formula is C13H12N2O2. The third-order valence-corrected chi connectivity index (χ3v) is 2.49. The molecule has 1 unspecified atom stereocenters. The van der Waals surface area contributed by atoms with Crippen molar-refractivity contribution in [3.63, 3.8) is 0 Å². The summed E-state index contributed by atoms with van der Waals surface area (Å²) < 4.78 is 0. The van der Waals surface area contributed by atoms with E-state index >= 15 is 0 Å². The second-order valence-electron chi connectivity index (χ2n) is 3.61. The highest BCUT2D eigenvalue weighted by molar-refractivity contribution is 5.94. The monoisotopic (exact) mass is 228 g/mol. The zero-order chi connectivity index (χ0) is 12.3. The number of hydrogen-bond donors (Lipinski definition) is 2. The SMILES string of the molecule is NC(=O)c1ccccc1C(O)c1ccccn1. The minimum Gasteiger partial charge on any atom is -0.382 e. The van der Waals surface area contributed by atoms with Gasteiger partial charge in [0.25, 0.3) is 0 Å². The summed E-state index contributed by atoms with van der Waals surface area (Å²) in [5, 5.41) is 10.2. The van der Waals surface area contributed by atoms with Gasteiger partial charge in [-0.15, -0.1) is 0 Å². The minimum atomic E-state index is -0.945. The van der Waals surface area contributed by atoms with E-state index in [-0.39, 0.29) is 0 Å². The summed E-state index contributed by atoms with van der Waals surface area (Å²) in [5.41, 5.74) is 6.53. The molecule has 1 heterocycles. The number of carbonyl (C=O) groups is 1. The Kier molecular flexibility index (Phi) is 3.16. The second kappa shape index (κ2) is 4.76. The summed E-state index contributed by atoms with van der Waals surface area (Å²) in [5.74, 6) is -0.560. The Labute approximate surface area is 98.7 Å². The number of primary amides is 1. The number of hydrogen-bond acceptors (Lipinski definition) is 3. The maximum absolute atomic E-state index is 11.2. The number of aliphatic hydroxyl groups is 1. The van der Waals surface area contributed by atoms with E-state index in [2.05, 4.69) is 4.98 Å². The summed E-state index contributed by atoms with van der Waals surface area (Å²) in [4.78, 5) is 15.3. The average molecular weight is 228 g/mol. The van der Waals surface area contributed by atoms with Gasteiger partial charge in [-0.25, -0.2) is 0 Å². The molecule has 2 rings (SSSR count). The molecule has 4 heteroatoms. The molecule has 0 spiro atoms. The first kappa shape index (κ1) is 11.3. The Morgan fingerprint density at radius 2 is 1.88 bits per heavy atom. The smallest absolute Gasteiger partial charge is 0.249 e. The van der Waals surface area contributed by atoms with Crippen LogP contribution >= 0.6 is 0 Å². The van der Waals surface area contributed by atoms with Crippen LogP contribution in [-0.4, -0.2) is 16.0 Å². The van der Waals surface area contributed by atoms with Crippen LogP contribution in [0.2, 0.25) is 0 Å². The fourth-order valence-corrected chi connectivity index (χ4v) is 1.66. The van der Waals surface area contributed by atoms with Gasteiger partial charge in [0.2, 0.25) is 5.91 Å². The number of amides is 1. The van der Waals surface area contributed by atoms with Crippen LogP contribution in [0, 0.1) is 0 Å². The Hall–Kier alpha value is -2.20. The van der Waals surface area contributed by atoms with Gasteiger partial charge in [-0.1, -0.05) is 24.3 Å². The van der Waals surface area contributed by atoms with Crippen molar-refractivity contribution >= 4 is 5.91 Å². The van der Waals surface area contributed by atoms with Crippen LogP contribution in [0.25, 0.3) is 0 Å². The van der Waals surface area contributed by atoms with Crippen molar-refractivity contribution in [1.82, 2.24) is 4.98 Å². The van der Waals surface area contributed by atoms with E-state index < -0.39 is 12.0 Å². The Morgan fingerprint density at radius 1 is 1.18 bits per heavy atom. The highest BCUT2D eigenvalue weighted by Gasteiger charge is 2.17. The molecule has 17 heavy (non-hydrogen) atoms. The zero-order valence-electron chi connectivity index (χ0n) is 9.08. The Bertz CT molecular complexity index is 526. The van der Waals surface area contributed by atoms with E-state index in [1.165, 1.54) is 0 Å². The van der Waals surface area contributed by atoms with E-state index in [0.29, 0.717) is 16.8 Å². The molecule has 0 fully saturated rings. The third kappa shape index (κ3) is 2.32. The average Bonchev–Trinajstić information content (AvgIpc) is 2.39. The lowest BCUT2D eigenvalue weighted by molar-refractivity contribution is 0.0995. The van der Waals surface area contributed by atoms with Crippen molar-refractivity contribution in [2.45, 2.75) is 6.10 Å². The standard InChI is InChI=1S/C13H12N2O2/c14-13(17)10-6-2-1-5-9(10)12(16)11-7-3-4-8-15-11/h1-8,12,16H,(H2,14,17). The minimum absolute atomic E-state index is 0.311. The van der Waals surface area contributed by atoms with E-state index in [1.807, 2.05) is 0 Å². The quantitative estimate of drug-likeness (QED) is 0.830. The van der Waals surface area contributed by atoms with Crippen LogP contribution in [-0.2, 0) is 0 Å². The van der Waals surface area contributed by atoms with E-state index in [9.17, 15) is 9.90 Å². The van der Waals surface area contributed by atoms with Crippen LogP contribution in [0.5, 0.6) is 0 Å². The molecule has 0 aliphatic heterocycles. The number of pyridine rings is 1. The first-order chi connectivity index (χ1) is 8.20. The van der Waals surface area contributed by atoms with Crippen LogP contribution < -0.4 is 5.73 Å². The summed E-state index contributed by atoms with van der Waals surface area (Å²) in [7, 11) is 0. The largest absolute Gasteiger partial charge is 0.382 e. The molecule has 0 bridgehead atoms. The predicted octanol–water partition coefficient (Wildman–Crippen LogP) is 1.26. The molecule has 3 N–H and O–H groups in total. The van der Waals surface area contributed by atoms with Crippen LogP contribution in [0.3, 0.4) is 0 Å². The fraction of sp³-hybridized carbons (Fsp3) is 0.0769. The van der Waals surface area contributed by atoms with Crippen LogP contribution in [0.1, 0.15) is 27.7 Å². The maximum atomic E-state index is 11.2. The van der Waals surface area contributed by atoms with Crippen molar-refractivity contribution in [2.24, 2.45) is 5.73 Å². The summed E-state index contributed by atoms with van der Waals surface area (Å²) in [6.45, 7) is 0. The van der Waals surface area contributed by atoms with Crippen LogP contribution in [0.15, 0.2) is 48.7 Å². The van der Waals surface area contributed by atoms with Crippen LogP contribution in [0.4, 0.5) is 0 Å². The topological polar surface area (TPSA) is 76.2 Å². The van der Waals surface area contributed by atoms with Crippen molar-refractivity contribution in [3.05, 3.63) is 65.5 Å². The number of rotatable bonds is 3. The number of aromatic nitrogens is 1. The summed E-state index contributed by atoms with van der Waals surface area (Å²) in [6, 6.07) is 11.9. The Balaban J connectivity index is 2.44. The van der Waals surface area contributed by atoms with Gasteiger partial charge in [0.1, 0.15) is 6.10 Å². The molecule has 1 aromatic heterocycles. The van der Waals surface area contributed by atoms with Gasteiger partial charge in [0.15, 0.2) is 0 Å². The van der Waals surface area contributed by atoms with Gasteiger partial charge in [-0.05, 0) is 23.8 Å². The lowest BCUT2D eigenvalue weighted by Gasteiger charge is -2.13. The Morgan fingerprint density at radius 3 is 2.53 bits per heavy atom. The molecule has 4 nitrogen and oxygen atoms in total. The van der Waals surface area contributed by atoms with Gasteiger partial charge in [-0.2, -0.15) is 0 Å². The number of nitrogens with two attached hydrogens (primary N) is 1. The lowest BCUT2D eigenvalue weighted by atomic mass is 9.99. The fourth-order valence-electron chi connectivity index (χ4n) is 1.66. The van der Waals surface area contributed by atoms with Crippen molar-refractivity contribution < 1.29 is 9.90 Å². The van der Waals surface area contributed by atoms with E-state index in [0.717, 1.165) is 0 Å². The highest BCUT2D eigenvalue weighted by atomic mass is 16.3. The molecule has 1 amide bonds. The molecule has 2 aromatic rings. The molecule has 1 aromatic carbocycles. The molecular weight excluding hydrogens is 216 g/mol. The number of benzene rings is 1. The number of carbonyl (C=O) groups excluding carboxylic acids is 1. The van der Waals surface area contributed by atoms with Gasteiger partial charge in [-0.3, -0.25) is 9.78 Å². The van der Waals surface area contributed by atoms with Gasteiger partial charge < -0.3 is 10.8 Å². The molecule has 1 atom stereocenters.